The summed E-state index contributed by atoms with van der Waals surface area (Å²) >= 11 is 6.15. The summed E-state index contributed by atoms with van der Waals surface area (Å²) in [5.41, 5.74) is 7.29. The van der Waals surface area contributed by atoms with Gasteiger partial charge in [-0.15, -0.1) is 12.8 Å². The van der Waals surface area contributed by atoms with E-state index in [4.69, 9.17) is 24.9 Å². The Bertz CT molecular complexity index is 1480. The summed E-state index contributed by atoms with van der Waals surface area (Å²) in [5, 5.41) is 0. The van der Waals surface area contributed by atoms with Gasteiger partial charge in [0, 0.05) is 0 Å². The monoisotopic (exact) mass is 444 g/mol. The Balaban J connectivity index is 4.87. The van der Waals surface area contributed by atoms with Crippen LogP contribution in [0.25, 0.3) is 0 Å². The second kappa shape index (κ2) is 23.9. The molecule has 0 rings (SSSR count). The molecule has 0 aromatic heterocycles. The molecule has 0 nitrogen and oxygen atoms in total. The van der Waals surface area contributed by atoms with E-state index in [2.05, 4.69) is 153 Å². The zero-order chi connectivity index (χ0) is 23.4. The van der Waals surface area contributed by atoms with E-state index in [1.54, 1.807) is 0 Å². The van der Waals surface area contributed by atoms with Crippen LogP contribution in [0.2, 0.25) is 0 Å². The summed E-state index contributed by atoms with van der Waals surface area (Å²) in [5.74, 6) is 59.3. The molecule has 0 radical (unpaired) electrons. The first kappa shape index (κ1) is 26.9. The van der Waals surface area contributed by atoms with Crippen molar-refractivity contribution in [1.29, 1.82) is 0 Å². The molecule has 0 N–H and O–H groups in total. The quantitative estimate of drug-likeness (QED) is 0.364. The first-order chi connectivity index (χ1) is 15.8. The van der Waals surface area contributed by atoms with Crippen molar-refractivity contribution in [3.63, 3.8) is 0 Å². The van der Waals surface area contributed by atoms with Gasteiger partial charge in [0.1, 0.15) is 0 Å². The molecule has 0 saturated carbocycles. The molecule has 0 saturated heterocycles. The van der Waals surface area contributed by atoms with Crippen molar-refractivity contribution in [2.24, 2.45) is 0 Å². The SMILES string of the molecule is C#CC#CC#CC#CC#CC#CC#CP(C#CC#CC#CC#CC#CC#CC#C)SB=S. The van der Waals surface area contributed by atoms with E-state index in [0.717, 1.165) is 0 Å². The molecule has 0 spiro atoms. The molecule has 0 aliphatic heterocycles. The predicted octanol–water partition coefficient (Wildman–Crippen LogP) is 2.07. The molecule has 4 heteroatoms. The molecule has 0 bridgehead atoms. The van der Waals surface area contributed by atoms with E-state index in [9.17, 15) is 0 Å². The van der Waals surface area contributed by atoms with Gasteiger partial charge in [-0.05, 0) is 35.5 Å². The average molecular weight is 444 g/mol. The van der Waals surface area contributed by atoms with Gasteiger partial charge >= 0.3 is 154 Å². The first-order valence-electron chi connectivity index (χ1n) is 7.68. The van der Waals surface area contributed by atoms with E-state index in [0.29, 0.717) is 0 Å². The number of hydrogen-bond acceptors (Lipinski definition) is 2. The summed E-state index contributed by atoms with van der Waals surface area (Å²) in [6.07, 6.45) is 9.88. The van der Waals surface area contributed by atoms with Crippen LogP contribution in [0.5, 0.6) is 0 Å². The summed E-state index contributed by atoms with van der Waals surface area (Å²) in [7, 11) is -1.05. The molecule has 0 aromatic rings. The van der Waals surface area contributed by atoms with Gasteiger partial charge in [0.2, 0.25) is 0 Å². The van der Waals surface area contributed by atoms with Crippen molar-refractivity contribution in [2.75, 3.05) is 0 Å². The molecule has 0 atom stereocenters. The summed E-state index contributed by atoms with van der Waals surface area (Å²) in [4.78, 5) is 0. The predicted molar refractivity (Wildman–Crippen MR) is 139 cm³/mol. The molecule has 0 amide bonds. The van der Waals surface area contributed by atoms with Crippen molar-refractivity contribution in [3.05, 3.63) is 0 Å². The maximum absolute atomic E-state index is 4.94. The Morgan fingerprint density at radius 3 is 0.938 bits per heavy atom. The van der Waals surface area contributed by atoms with Crippen LogP contribution >= 0.6 is 30.4 Å². The Morgan fingerprint density at radius 1 is 0.438 bits per heavy atom. The fourth-order valence-corrected chi connectivity index (χ4v) is 3.10. The van der Waals surface area contributed by atoms with Gasteiger partial charge in [-0.2, -0.15) is 0 Å². The minimum atomic E-state index is -1.05. The van der Waals surface area contributed by atoms with Crippen LogP contribution in [0.4, 0.5) is 0 Å². The van der Waals surface area contributed by atoms with E-state index in [1.165, 1.54) is 16.7 Å². The van der Waals surface area contributed by atoms with Gasteiger partial charge in [0.05, 0.1) is 0 Å². The first-order valence-corrected chi connectivity index (χ1v) is 11.0. The summed E-state index contributed by atoms with van der Waals surface area (Å²) < 4.78 is 0. The molecular formula is C28H2BPS2. The van der Waals surface area contributed by atoms with Gasteiger partial charge < -0.3 is 0 Å². The van der Waals surface area contributed by atoms with Gasteiger partial charge in [-0.1, -0.05) is 0 Å². The molecular weight excluding hydrogens is 442 g/mol. The van der Waals surface area contributed by atoms with Crippen LogP contribution in [-0.4, -0.2) is 5.43 Å². The zero-order valence-electron chi connectivity index (χ0n) is 16.0. The Hall–Kier alpha value is -5.10. The van der Waals surface area contributed by atoms with E-state index in [1.807, 2.05) is 0 Å². The van der Waals surface area contributed by atoms with Crippen molar-refractivity contribution < 1.29 is 0 Å². The molecule has 134 valence electrons. The standard InChI is InChI=1S/C28H2BPS2/c1-3-5-7-9-11-13-15-17-19-21-23-25-27-30(32-29-31)28-26-24-22-20-18-16-14-12-10-8-6-4-2/h1-2H. The summed E-state index contributed by atoms with van der Waals surface area (Å²) in [6.45, 7) is 0. The van der Waals surface area contributed by atoms with Crippen LogP contribution < -0.4 is 0 Å². The minimum absolute atomic E-state index is 1.05. The van der Waals surface area contributed by atoms with Gasteiger partial charge in [-0.3, -0.25) is 0 Å². The normalized spacial score (nSPS) is 4.72. The third-order valence-electron chi connectivity index (χ3n) is 1.86. The molecule has 0 fully saturated rings. The average Bonchev–Trinajstić information content (AvgIpc) is 2.80. The Morgan fingerprint density at radius 2 is 0.688 bits per heavy atom. The van der Waals surface area contributed by atoms with Crippen molar-refractivity contribution >= 4 is 35.8 Å². The Labute approximate surface area is 201 Å². The molecule has 0 heterocycles. The van der Waals surface area contributed by atoms with E-state index in [-0.39, 0.29) is 0 Å². The van der Waals surface area contributed by atoms with E-state index >= 15 is 0 Å². The zero-order valence-corrected chi connectivity index (χ0v) is 18.5. The van der Waals surface area contributed by atoms with E-state index < -0.39 is 7.12 Å². The van der Waals surface area contributed by atoms with Crippen molar-refractivity contribution in [1.82, 2.24) is 0 Å². The van der Waals surface area contributed by atoms with Gasteiger partial charge in [0.15, 0.2) is 0 Å². The van der Waals surface area contributed by atoms with Gasteiger partial charge in [-0.25, -0.2) is 0 Å². The number of terminal acetylenes is 2. The third kappa shape index (κ3) is 21.2. The molecule has 0 aliphatic carbocycles. The Kier molecular flexibility index (Phi) is 20.1. The number of hydrogen-bond donors (Lipinski definition) is 0. The third-order valence-corrected chi connectivity index (χ3v) is 5.00. The molecule has 0 aliphatic rings. The topological polar surface area (TPSA) is 0 Å². The van der Waals surface area contributed by atoms with Crippen LogP contribution in [0.3, 0.4) is 0 Å². The van der Waals surface area contributed by atoms with Crippen molar-refractivity contribution in [3.8, 4) is 166 Å². The molecule has 0 unspecified atom stereocenters. The second-order valence-electron chi connectivity index (χ2n) is 3.76. The summed E-state index contributed by atoms with van der Waals surface area (Å²) in [6, 6.07) is 0. The molecule has 32 heavy (non-hydrogen) atoms. The fourth-order valence-electron chi connectivity index (χ4n) is 0.916. The van der Waals surface area contributed by atoms with Crippen LogP contribution in [0.15, 0.2) is 0 Å². The van der Waals surface area contributed by atoms with Gasteiger partial charge in [0.25, 0.3) is 0 Å². The number of rotatable bonds is 2. The van der Waals surface area contributed by atoms with Crippen LogP contribution in [0.1, 0.15) is 0 Å². The molecule has 0 aromatic carbocycles. The second-order valence-corrected chi connectivity index (χ2v) is 7.50. The van der Waals surface area contributed by atoms with Crippen LogP contribution in [-0.2, 0) is 0 Å². The fraction of sp³-hybridized carbons (Fsp3) is 0. The van der Waals surface area contributed by atoms with Crippen molar-refractivity contribution in [2.45, 2.75) is 0 Å². The van der Waals surface area contributed by atoms with Crippen LogP contribution in [0, 0.1) is 166 Å². The maximum atomic E-state index is 4.94.